The zero-order valence-corrected chi connectivity index (χ0v) is 18.9. The molecule has 0 spiro atoms. The maximum atomic E-state index is 12.8. The number of nitrogens with zero attached hydrogens (tertiary/aromatic N) is 1. The quantitative estimate of drug-likeness (QED) is 0.609. The van der Waals surface area contributed by atoms with E-state index in [9.17, 15) is 22.8 Å². The molecule has 2 rings (SSSR count). The van der Waals surface area contributed by atoms with Gasteiger partial charge in [0.05, 0.1) is 23.7 Å². The van der Waals surface area contributed by atoms with Crippen LogP contribution >= 0.6 is 0 Å². The molecule has 168 valence electrons. The van der Waals surface area contributed by atoms with Crippen LogP contribution in [0.3, 0.4) is 0 Å². The highest BCUT2D eigenvalue weighted by Gasteiger charge is 2.37. The second-order valence-electron chi connectivity index (χ2n) is 7.54. The second-order valence-corrected chi connectivity index (χ2v) is 9.77. The third-order valence-electron chi connectivity index (χ3n) is 5.40. The molecule has 0 aromatic carbocycles. The van der Waals surface area contributed by atoms with E-state index in [1.165, 1.54) is 4.90 Å². The van der Waals surface area contributed by atoms with E-state index in [0.717, 1.165) is 0 Å². The fourth-order valence-electron chi connectivity index (χ4n) is 3.74. The Hall–Kier alpha value is -2.36. The number of hydrogen-bond donors (Lipinski definition) is 1. The molecule has 2 heterocycles. The Morgan fingerprint density at radius 3 is 2.37 bits per heavy atom. The van der Waals surface area contributed by atoms with Gasteiger partial charge in [-0.25, -0.2) is 18.0 Å². The number of nitrogens with one attached hydrogen (secondary N) is 1. The number of amides is 1. The van der Waals surface area contributed by atoms with Crippen molar-refractivity contribution >= 4 is 27.7 Å². The van der Waals surface area contributed by atoms with Crippen molar-refractivity contribution in [3.8, 4) is 0 Å². The maximum absolute atomic E-state index is 12.8. The summed E-state index contributed by atoms with van der Waals surface area (Å²) in [7, 11) is -3.16. The first-order valence-electron chi connectivity index (χ1n) is 10.1. The van der Waals surface area contributed by atoms with Crippen molar-refractivity contribution in [2.45, 2.75) is 59.5 Å². The van der Waals surface area contributed by atoms with E-state index < -0.39 is 40.3 Å². The van der Waals surface area contributed by atoms with Gasteiger partial charge in [0.25, 0.3) is 5.91 Å². The highest BCUT2D eigenvalue weighted by Crippen LogP contribution is 2.23. The highest BCUT2D eigenvalue weighted by molar-refractivity contribution is 7.91. The van der Waals surface area contributed by atoms with Crippen LogP contribution in [0.5, 0.6) is 0 Å². The van der Waals surface area contributed by atoms with Crippen LogP contribution in [0.15, 0.2) is 0 Å². The summed E-state index contributed by atoms with van der Waals surface area (Å²) in [5, 5.41) is 0. The number of aromatic amines is 1. The molecule has 0 bridgehead atoms. The molecular formula is C20H30N2O7S. The fourth-order valence-corrected chi connectivity index (χ4v) is 5.45. The Kier molecular flexibility index (Phi) is 7.68. The summed E-state index contributed by atoms with van der Waals surface area (Å²) in [6.07, 6.45) is 1.03. The minimum absolute atomic E-state index is 0.0516. The zero-order valence-electron chi connectivity index (χ0n) is 18.1. The van der Waals surface area contributed by atoms with Crippen molar-refractivity contribution < 1.29 is 32.3 Å². The molecule has 0 radical (unpaired) electrons. The van der Waals surface area contributed by atoms with Gasteiger partial charge in [-0.15, -0.1) is 0 Å². The summed E-state index contributed by atoms with van der Waals surface area (Å²) in [4.78, 5) is 41.8. The monoisotopic (exact) mass is 442 g/mol. The Bertz CT molecular complexity index is 920. The molecule has 2 unspecified atom stereocenters. The molecule has 0 aliphatic carbocycles. The summed E-state index contributed by atoms with van der Waals surface area (Å²) in [6, 6.07) is -0.594. The smallest absolute Gasteiger partial charge is 0.355 e. The largest absolute Gasteiger partial charge is 0.461 e. The van der Waals surface area contributed by atoms with Gasteiger partial charge in [-0.05, 0) is 46.1 Å². The average Bonchev–Trinajstić information content (AvgIpc) is 3.18. The summed E-state index contributed by atoms with van der Waals surface area (Å²) < 4.78 is 33.9. The van der Waals surface area contributed by atoms with Gasteiger partial charge < -0.3 is 19.4 Å². The molecule has 1 aromatic heterocycles. The lowest BCUT2D eigenvalue weighted by atomic mass is 10.1. The van der Waals surface area contributed by atoms with Crippen LogP contribution in [-0.4, -0.2) is 73.0 Å². The van der Waals surface area contributed by atoms with Crippen LogP contribution in [-0.2, 0) is 24.1 Å². The van der Waals surface area contributed by atoms with E-state index >= 15 is 0 Å². The lowest BCUT2D eigenvalue weighted by molar-refractivity contribution is -0.138. The average molecular weight is 443 g/mol. The first-order chi connectivity index (χ1) is 14.0. The second kappa shape index (κ2) is 9.63. The number of carbonyl (C=O) groups is 3. The number of esters is 2. The molecule has 1 N–H and O–H groups in total. The molecule has 2 atom stereocenters. The normalized spacial score (nSPS) is 18.6. The van der Waals surface area contributed by atoms with Crippen molar-refractivity contribution in [2.24, 2.45) is 0 Å². The molecule has 9 nitrogen and oxygen atoms in total. The summed E-state index contributed by atoms with van der Waals surface area (Å²) in [6.45, 7) is 8.36. The molecule has 1 aromatic rings. The molecule has 1 aliphatic heterocycles. The molecule has 30 heavy (non-hydrogen) atoms. The molecule has 0 saturated carbocycles. The highest BCUT2D eigenvalue weighted by atomic mass is 32.2. The van der Waals surface area contributed by atoms with Crippen LogP contribution in [0.4, 0.5) is 0 Å². The predicted molar refractivity (Wildman–Crippen MR) is 110 cm³/mol. The molecule has 1 amide bonds. The van der Waals surface area contributed by atoms with Crippen molar-refractivity contribution in [3.05, 3.63) is 22.5 Å². The molecule has 1 saturated heterocycles. The molecular weight excluding hydrogens is 412 g/mol. The number of hydrogen-bond acceptors (Lipinski definition) is 7. The Morgan fingerprint density at radius 1 is 1.17 bits per heavy atom. The van der Waals surface area contributed by atoms with Crippen molar-refractivity contribution in [2.75, 3.05) is 24.7 Å². The van der Waals surface area contributed by atoms with Crippen LogP contribution in [0.2, 0.25) is 0 Å². The summed E-state index contributed by atoms with van der Waals surface area (Å²) in [5.41, 5.74) is 1.19. The molecule has 1 fully saturated rings. The Morgan fingerprint density at radius 2 is 1.83 bits per heavy atom. The van der Waals surface area contributed by atoms with Crippen molar-refractivity contribution in [1.29, 1.82) is 0 Å². The minimum atomic E-state index is -3.16. The molecule has 10 heteroatoms. The number of aryl methyl sites for hydroxylation is 1. The maximum Gasteiger partial charge on any atom is 0.355 e. The van der Waals surface area contributed by atoms with Gasteiger partial charge in [-0.2, -0.15) is 0 Å². The van der Waals surface area contributed by atoms with Gasteiger partial charge in [-0.1, -0.05) is 6.92 Å². The van der Waals surface area contributed by atoms with Crippen molar-refractivity contribution in [3.63, 3.8) is 0 Å². The molecule has 1 aliphatic rings. The minimum Gasteiger partial charge on any atom is -0.461 e. The van der Waals surface area contributed by atoms with E-state index in [4.69, 9.17) is 9.47 Å². The van der Waals surface area contributed by atoms with Gasteiger partial charge >= 0.3 is 11.9 Å². The van der Waals surface area contributed by atoms with E-state index in [1.807, 2.05) is 13.8 Å². The first kappa shape index (κ1) is 23.9. The fraction of sp³-hybridized carbons (Fsp3) is 0.650. The third kappa shape index (κ3) is 5.21. The SMILES string of the molecule is CCOC(=O)c1[nH]c(C)c(C(=O)OCC(=O)N(C(C)CC)C2CCS(=O)(=O)C2)c1C. The van der Waals surface area contributed by atoms with Crippen molar-refractivity contribution in [1.82, 2.24) is 9.88 Å². The van der Waals surface area contributed by atoms with E-state index in [2.05, 4.69) is 4.98 Å². The first-order valence-corrected chi connectivity index (χ1v) is 11.9. The van der Waals surface area contributed by atoms with Crippen LogP contribution in [0.25, 0.3) is 0 Å². The lowest BCUT2D eigenvalue weighted by Gasteiger charge is -2.33. The van der Waals surface area contributed by atoms with Crippen LogP contribution < -0.4 is 0 Å². The van der Waals surface area contributed by atoms with Gasteiger partial charge in [-0.3, -0.25) is 4.79 Å². The van der Waals surface area contributed by atoms with E-state index in [1.54, 1.807) is 20.8 Å². The summed E-state index contributed by atoms with van der Waals surface area (Å²) in [5.74, 6) is -1.76. The van der Waals surface area contributed by atoms with Gasteiger partial charge in [0.1, 0.15) is 5.69 Å². The third-order valence-corrected chi connectivity index (χ3v) is 7.15. The number of rotatable bonds is 8. The standard InChI is InChI=1S/C20H30N2O7S/c1-6-12(3)22(15-8-9-30(26,27)11-15)16(23)10-29-19(24)17-13(4)18(21-14(17)5)20(25)28-7-2/h12,15,21H,6-11H2,1-5H3. The number of H-pyrrole nitrogens is 1. The summed E-state index contributed by atoms with van der Waals surface area (Å²) >= 11 is 0. The number of aromatic nitrogens is 1. The van der Waals surface area contributed by atoms with Gasteiger partial charge in [0, 0.05) is 17.8 Å². The van der Waals surface area contributed by atoms with Gasteiger partial charge in [0.15, 0.2) is 16.4 Å². The number of sulfone groups is 1. The van der Waals surface area contributed by atoms with E-state index in [0.29, 0.717) is 24.1 Å². The Labute approximate surface area is 177 Å². The Balaban J connectivity index is 2.12. The number of carbonyl (C=O) groups excluding carboxylic acids is 3. The number of ether oxygens (including phenoxy) is 2. The topological polar surface area (TPSA) is 123 Å². The van der Waals surface area contributed by atoms with Crippen LogP contribution in [0.1, 0.15) is 65.7 Å². The predicted octanol–water partition coefficient (Wildman–Crippen LogP) is 1.78. The van der Waals surface area contributed by atoms with Crippen LogP contribution in [0, 0.1) is 13.8 Å². The lowest BCUT2D eigenvalue weighted by Crippen LogP contribution is -2.48. The van der Waals surface area contributed by atoms with E-state index in [-0.39, 0.29) is 35.4 Å². The zero-order chi connectivity index (χ0) is 22.6. The van der Waals surface area contributed by atoms with Gasteiger partial charge in [0.2, 0.25) is 0 Å².